The van der Waals surface area contributed by atoms with Crippen molar-refractivity contribution in [3.63, 3.8) is 0 Å². The summed E-state index contributed by atoms with van der Waals surface area (Å²) in [5.41, 5.74) is 0. The second-order valence-corrected chi connectivity index (χ2v) is 43.5. The molecule has 0 radical (unpaired) electrons. The molecule has 0 amide bonds. The summed E-state index contributed by atoms with van der Waals surface area (Å²) in [6, 6.07) is 0. The monoisotopic (exact) mass is 718 g/mol. The third kappa shape index (κ3) is 0.157. The summed E-state index contributed by atoms with van der Waals surface area (Å²) in [6.07, 6.45) is 1.51. The fourth-order valence-corrected chi connectivity index (χ4v) is 129. The molecule has 9 unspecified atom stereocenters. The fraction of sp³-hybridized carbons (Fsp3) is 1.00. The average molecular weight is 723 g/mol. The Hall–Kier alpha value is 3.59. The van der Waals surface area contributed by atoms with Crippen molar-refractivity contribution in [2.45, 2.75) is 59.2 Å². The van der Waals surface area contributed by atoms with Crippen LogP contribution in [0.4, 0.5) is 0 Å². The van der Waals surface area contributed by atoms with Gasteiger partial charge in [-0.3, -0.25) is 0 Å². The number of hydrogen-bond donors (Lipinski definition) is 0. The molecule has 10 fully saturated rings. The van der Waals surface area contributed by atoms with E-state index in [1.807, 2.05) is 0 Å². The average Bonchev–Trinajstić information content (AvgIpc) is 3.39. The molecule has 0 aromatic rings. The number of hydrogen-bond acceptors (Lipinski definition) is 0. The van der Waals surface area contributed by atoms with E-state index in [9.17, 15) is 0 Å². The summed E-state index contributed by atoms with van der Waals surface area (Å²) in [5.74, 6) is 0. The Kier molecular flexibility index (Phi) is 0.796. The van der Waals surface area contributed by atoms with Crippen LogP contribution in [-0.4, -0.2) is 13.1 Å². The maximum absolute atomic E-state index is 4.14. The standard InChI is InChI=1S/C7H8BBr2.C5H3B2Br4.Fe/c1-2-6-3-4-7(5-6)8(9)10;8-6(9)4-1-2-5(3-4)7(10)11;/h3-5H,2H2,1H3;1-3H;. The zero-order valence-electron chi connectivity index (χ0n) is 11.5. The normalized spacial score (nSPS) is 105. The summed E-state index contributed by atoms with van der Waals surface area (Å²) in [6.45, 7) is -1.14. The molecule has 118 valence electrons. The first kappa shape index (κ1) is 12.9. The quantitative estimate of drug-likeness (QED) is 0.261. The van der Waals surface area contributed by atoms with Crippen molar-refractivity contribution >= 4 is 108 Å². The molecule has 10 heterocycles. The van der Waals surface area contributed by atoms with Crippen LogP contribution in [0.1, 0.15) is 13.3 Å². The number of halogens is 6. The molecule has 10 saturated heterocycles. The molecule has 0 aromatic heterocycles. The van der Waals surface area contributed by atoms with Crippen LogP contribution in [-0.2, 0) is 6.51 Å². The van der Waals surface area contributed by atoms with Crippen LogP contribution in [0.5, 0.6) is 0 Å². The first-order chi connectivity index (χ1) is 10.1. The van der Waals surface area contributed by atoms with Crippen LogP contribution < -0.4 is 0 Å². The van der Waals surface area contributed by atoms with Crippen molar-refractivity contribution in [1.82, 2.24) is 0 Å². The molecule has 10 aliphatic heterocycles. The molecule has 0 aliphatic carbocycles. The molecular formula is C12H11B3Br6Fe. The van der Waals surface area contributed by atoms with Gasteiger partial charge in [-0.2, -0.15) is 0 Å². The van der Waals surface area contributed by atoms with Gasteiger partial charge in [-0.1, -0.05) is 0 Å². The van der Waals surface area contributed by atoms with E-state index in [0.29, 0.717) is 13.1 Å². The van der Waals surface area contributed by atoms with Gasteiger partial charge >= 0.3 is 173 Å². The van der Waals surface area contributed by atoms with Crippen LogP contribution in [0.3, 0.4) is 0 Å². The molecule has 0 saturated carbocycles. The molecule has 0 bridgehead atoms. The summed E-state index contributed by atoms with van der Waals surface area (Å²) in [7, 11) is 0. The Bertz CT molecular complexity index is 1190. The summed E-state index contributed by atoms with van der Waals surface area (Å²) >= 11 is 24.8. The SMILES string of the molecule is CC[C]12[CH]3[CH]4[C]5(B(Br)Br)[CH]1[Fe]34251678[CH]2[CH]1[C]6(B(Br)Br)[CH]7[C]28B(Br)Br. The Morgan fingerprint density at radius 3 is 1.41 bits per heavy atom. The van der Waals surface area contributed by atoms with E-state index in [4.69, 9.17) is 0 Å². The zero-order chi connectivity index (χ0) is 15.2. The zero-order valence-corrected chi connectivity index (χ0v) is 22.1. The predicted octanol–water partition coefficient (Wildman–Crippen LogP) is 7.72. The van der Waals surface area contributed by atoms with Gasteiger partial charge in [0, 0.05) is 0 Å². The minimum absolute atomic E-state index is 0.594. The van der Waals surface area contributed by atoms with Crippen LogP contribution in [0.25, 0.3) is 0 Å². The maximum atomic E-state index is 4.14. The Balaban J connectivity index is 1.61. The summed E-state index contributed by atoms with van der Waals surface area (Å²) in [4.78, 5) is 7.17. The molecule has 10 rings (SSSR count). The third-order valence-corrected chi connectivity index (χ3v) is 69.3. The summed E-state index contributed by atoms with van der Waals surface area (Å²) < 4.78 is 4.94. The topological polar surface area (TPSA) is 0 Å². The molecule has 0 N–H and O–H groups in total. The van der Waals surface area contributed by atoms with Gasteiger partial charge in [0.1, 0.15) is 0 Å². The van der Waals surface area contributed by atoms with E-state index >= 15 is 0 Å². The van der Waals surface area contributed by atoms with Gasteiger partial charge in [0.15, 0.2) is 0 Å². The van der Waals surface area contributed by atoms with E-state index in [1.165, 1.54) is 30.5 Å². The van der Waals surface area contributed by atoms with E-state index in [1.54, 1.807) is 0 Å². The Morgan fingerprint density at radius 1 is 0.727 bits per heavy atom. The van der Waals surface area contributed by atoms with Gasteiger partial charge in [-0.15, -0.1) is 0 Å². The second kappa shape index (κ2) is 1.35. The van der Waals surface area contributed by atoms with Crippen LogP contribution in [0.15, 0.2) is 0 Å². The van der Waals surface area contributed by atoms with Gasteiger partial charge in [-0.05, 0) is 0 Å². The molecule has 10 heteroatoms. The van der Waals surface area contributed by atoms with E-state index in [0.717, 1.165) is 21.8 Å². The van der Waals surface area contributed by atoms with E-state index in [-0.39, 0.29) is 0 Å². The van der Waals surface area contributed by atoms with Crippen LogP contribution in [0, 0.1) is 0 Å². The van der Waals surface area contributed by atoms with Crippen LogP contribution >= 0.6 is 94.5 Å². The molecule has 9 atom stereocenters. The van der Waals surface area contributed by atoms with Crippen molar-refractivity contribution in [3.8, 4) is 0 Å². The first-order valence-corrected chi connectivity index (χ1v) is 19.7. The van der Waals surface area contributed by atoms with Gasteiger partial charge < -0.3 is 0 Å². The van der Waals surface area contributed by atoms with Crippen molar-refractivity contribution in [2.24, 2.45) is 0 Å². The van der Waals surface area contributed by atoms with Crippen molar-refractivity contribution in [3.05, 3.63) is 0 Å². The fourth-order valence-electron chi connectivity index (χ4n) is 21.0. The third-order valence-electron chi connectivity index (χ3n) is 17.2. The van der Waals surface area contributed by atoms with Gasteiger partial charge in [-0.25, -0.2) is 0 Å². The number of fused-ring (bicyclic) bond motifs is 10. The molecule has 22 heavy (non-hydrogen) atoms. The van der Waals surface area contributed by atoms with E-state index in [2.05, 4.69) is 101 Å². The van der Waals surface area contributed by atoms with Crippen molar-refractivity contribution < 1.29 is 6.51 Å². The minimum atomic E-state index is -3.70. The summed E-state index contributed by atoms with van der Waals surface area (Å²) in [5, 5.41) is 0. The Labute approximate surface area is 170 Å². The number of rotatable bonds is 4. The first-order valence-electron chi connectivity index (χ1n) is 8.14. The van der Waals surface area contributed by atoms with Gasteiger partial charge in [0.25, 0.3) is 0 Å². The Morgan fingerprint density at radius 2 is 1.14 bits per heavy atom. The van der Waals surface area contributed by atoms with Gasteiger partial charge in [0.2, 0.25) is 0 Å². The second-order valence-electron chi connectivity index (χ2n) is 11.6. The van der Waals surface area contributed by atoms with Crippen molar-refractivity contribution in [1.29, 1.82) is 0 Å². The molecule has 0 aromatic carbocycles. The van der Waals surface area contributed by atoms with Crippen LogP contribution in [0.2, 0.25) is 45.8 Å². The van der Waals surface area contributed by atoms with Crippen molar-refractivity contribution in [2.75, 3.05) is 0 Å². The van der Waals surface area contributed by atoms with E-state index < -0.39 is 6.51 Å². The van der Waals surface area contributed by atoms with Gasteiger partial charge in [0.05, 0.1) is 0 Å². The molecule has 1 spiro atoms. The predicted molar refractivity (Wildman–Crippen MR) is 114 cm³/mol. The molecular weight excluding hydrogens is 712 g/mol. The molecule has 0 nitrogen and oxygen atoms in total. The molecule has 10 aliphatic rings.